The van der Waals surface area contributed by atoms with Gasteiger partial charge in [0.1, 0.15) is 5.75 Å². The van der Waals surface area contributed by atoms with Crippen molar-refractivity contribution in [1.29, 1.82) is 0 Å². The highest BCUT2D eigenvalue weighted by molar-refractivity contribution is 5.86. The van der Waals surface area contributed by atoms with E-state index in [1.807, 2.05) is 12.1 Å². The largest absolute Gasteiger partial charge is 0.482 e. The number of fused-ring (bicyclic) bond motifs is 1. The second-order valence-electron chi connectivity index (χ2n) is 8.33. The SMILES string of the molecule is CCOC(=O)COc1ccc([C@@H]2CC[C@H](N[C@H](C)c3cccc4ccccc34)C2)cc1. The molecule has 0 saturated heterocycles. The third-order valence-electron chi connectivity index (χ3n) is 6.22. The van der Waals surface area contributed by atoms with Gasteiger partial charge in [0.15, 0.2) is 6.61 Å². The summed E-state index contributed by atoms with van der Waals surface area (Å²) in [6, 6.07) is 24.2. The van der Waals surface area contributed by atoms with E-state index in [2.05, 4.69) is 66.8 Å². The molecule has 0 aliphatic heterocycles. The van der Waals surface area contributed by atoms with Gasteiger partial charge < -0.3 is 14.8 Å². The number of nitrogens with one attached hydrogen (secondary N) is 1. The number of esters is 1. The summed E-state index contributed by atoms with van der Waals surface area (Å²) in [5, 5.41) is 6.49. The monoisotopic (exact) mass is 417 g/mol. The van der Waals surface area contributed by atoms with E-state index < -0.39 is 0 Å². The quantitative estimate of drug-likeness (QED) is 0.473. The van der Waals surface area contributed by atoms with Crippen LogP contribution in [0.5, 0.6) is 5.75 Å². The molecule has 162 valence electrons. The van der Waals surface area contributed by atoms with E-state index in [4.69, 9.17) is 9.47 Å². The Morgan fingerprint density at radius 1 is 1.03 bits per heavy atom. The smallest absolute Gasteiger partial charge is 0.344 e. The average molecular weight is 418 g/mol. The lowest BCUT2D eigenvalue weighted by Crippen LogP contribution is -2.29. The number of carbonyl (C=O) groups excluding carboxylic acids is 1. The van der Waals surface area contributed by atoms with Crippen LogP contribution in [0.15, 0.2) is 66.7 Å². The second-order valence-corrected chi connectivity index (χ2v) is 8.33. The molecule has 4 heteroatoms. The predicted molar refractivity (Wildman–Crippen MR) is 124 cm³/mol. The highest BCUT2D eigenvalue weighted by Crippen LogP contribution is 2.36. The first kappa shape index (κ1) is 21.4. The van der Waals surface area contributed by atoms with Crippen LogP contribution >= 0.6 is 0 Å². The maximum Gasteiger partial charge on any atom is 0.344 e. The van der Waals surface area contributed by atoms with Crippen LogP contribution in [0.1, 0.15) is 56.2 Å². The van der Waals surface area contributed by atoms with E-state index >= 15 is 0 Å². The molecule has 0 amide bonds. The van der Waals surface area contributed by atoms with E-state index in [1.165, 1.54) is 34.7 Å². The molecule has 1 aliphatic rings. The molecule has 3 aromatic rings. The molecule has 3 aromatic carbocycles. The maximum atomic E-state index is 11.4. The van der Waals surface area contributed by atoms with Gasteiger partial charge in [0.05, 0.1) is 6.61 Å². The summed E-state index contributed by atoms with van der Waals surface area (Å²) in [7, 11) is 0. The van der Waals surface area contributed by atoms with Crippen LogP contribution in [0.4, 0.5) is 0 Å². The average Bonchev–Trinajstić information content (AvgIpc) is 3.26. The molecule has 0 heterocycles. The Hall–Kier alpha value is -2.85. The van der Waals surface area contributed by atoms with Crippen molar-refractivity contribution in [1.82, 2.24) is 5.32 Å². The van der Waals surface area contributed by atoms with Crippen LogP contribution in [0.2, 0.25) is 0 Å². The number of ether oxygens (including phenoxy) is 2. The van der Waals surface area contributed by atoms with Gasteiger partial charge in [0.2, 0.25) is 0 Å². The van der Waals surface area contributed by atoms with Crippen molar-refractivity contribution in [3.63, 3.8) is 0 Å². The van der Waals surface area contributed by atoms with Crippen LogP contribution in [-0.4, -0.2) is 25.2 Å². The summed E-state index contributed by atoms with van der Waals surface area (Å²) in [6.07, 6.45) is 3.50. The number of rotatable bonds is 8. The van der Waals surface area contributed by atoms with Crippen LogP contribution in [0.3, 0.4) is 0 Å². The molecule has 1 saturated carbocycles. The molecule has 0 unspecified atom stereocenters. The van der Waals surface area contributed by atoms with Gasteiger partial charge in [-0.15, -0.1) is 0 Å². The second kappa shape index (κ2) is 9.97. The van der Waals surface area contributed by atoms with Crippen molar-refractivity contribution in [3.8, 4) is 5.75 Å². The molecular formula is C27H31NO3. The van der Waals surface area contributed by atoms with Crippen molar-refractivity contribution in [2.45, 2.75) is 51.1 Å². The first-order valence-corrected chi connectivity index (χ1v) is 11.3. The van der Waals surface area contributed by atoms with Crippen LogP contribution in [-0.2, 0) is 9.53 Å². The lowest BCUT2D eigenvalue weighted by molar-refractivity contribution is -0.145. The Kier molecular flexibility index (Phi) is 6.88. The van der Waals surface area contributed by atoms with Crippen LogP contribution < -0.4 is 10.1 Å². The molecule has 4 nitrogen and oxygen atoms in total. The first-order chi connectivity index (χ1) is 15.1. The van der Waals surface area contributed by atoms with Gasteiger partial charge in [-0.1, -0.05) is 54.6 Å². The fourth-order valence-electron chi connectivity index (χ4n) is 4.69. The van der Waals surface area contributed by atoms with E-state index in [9.17, 15) is 4.79 Å². The molecule has 1 fully saturated rings. The van der Waals surface area contributed by atoms with Gasteiger partial charge in [-0.05, 0) is 73.1 Å². The topological polar surface area (TPSA) is 47.6 Å². The summed E-state index contributed by atoms with van der Waals surface area (Å²) < 4.78 is 10.4. The lowest BCUT2D eigenvalue weighted by Gasteiger charge is -2.21. The molecule has 0 aromatic heterocycles. The zero-order valence-corrected chi connectivity index (χ0v) is 18.3. The van der Waals surface area contributed by atoms with Gasteiger partial charge in [0, 0.05) is 12.1 Å². The van der Waals surface area contributed by atoms with Crippen molar-refractivity contribution in [2.75, 3.05) is 13.2 Å². The van der Waals surface area contributed by atoms with Gasteiger partial charge in [0.25, 0.3) is 0 Å². The molecule has 4 rings (SSSR count). The predicted octanol–water partition coefficient (Wildman–Crippen LogP) is 5.77. The molecule has 1 N–H and O–H groups in total. The highest BCUT2D eigenvalue weighted by Gasteiger charge is 2.27. The molecular weight excluding hydrogens is 386 g/mol. The summed E-state index contributed by atoms with van der Waals surface area (Å²) >= 11 is 0. The highest BCUT2D eigenvalue weighted by atomic mass is 16.6. The minimum atomic E-state index is -0.336. The standard InChI is InChI=1S/C27H31NO3/c1-3-30-27(29)18-31-24-15-12-20(13-16-24)22-11-14-23(17-22)28-19(2)25-10-6-8-21-7-4-5-9-26(21)25/h4-10,12-13,15-16,19,22-23,28H,3,11,14,17-18H2,1-2H3/t19-,22-,23+/m1/s1. The zero-order chi connectivity index (χ0) is 21.6. The Morgan fingerprint density at radius 2 is 1.81 bits per heavy atom. The van der Waals surface area contributed by atoms with Gasteiger partial charge in [-0.3, -0.25) is 0 Å². The van der Waals surface area contributed by atoms with E-state index in [0.29, 0.717) is 30.4 Å². The molecule has 1 aliphatic carbocycles. The third kappa shape index (κ3) is 5.26. The Morgan fingerprint density at radius 3 is 2.61 bits per heavy atom. The molecule has 0 bridgehead atoms. The van der Waals surface area contributed by atoms with Gasteiger partial charge in [-0.25, -0.2) is 4.79 Å². The van der Waals surface area contributed by atoms with E-state index in [0.717, 1.165) is 6.42 Å². The first-order valence-electron chi connectivity index (χ1n) is 11.3. The summed E-state index contributed by atoms with van der Waals surface area (Å²) in [4.78, 5) is 11.4. The number of hydrogen-bond donors (Lipinski definition) is 1. The fraction of sp³-hybridized carbons (Fsp3) is 0.370. The van der Waals surface area contributed by atoms with Crippen molar-refractivity contribution >= 4 is 16.7 Å². The molecule has 31 heavy (non-hydrogen) atoms. The van der Waals surface area contributed by atoms with E-state index in [-0.39, 0.29) is 12.6 Å². The zero-order valence-electron chi connectivity index (χ0n) is 18.3. The third-order valence-corrected chi connectivity index (χ3v) is 6.22. The lowest BCUT2D eigenvalue weighted by atomic mass is 9.96. The Labute approximate surface area is 184 Å². The summed E-state index contributed by atoms with van der Waals surface area (Å²) in [6.45, 7) is 4.38. The molecule has 0 spiro atoms. The Balaban J connectivity index is 1.33. The maximum absolute atomic E-state index is 11.4. The molecule has 0 radical (unpaired) electrons. The number of hydrogen-bond acceptors (Lipinski definition) is 4. The van der Waals surface area contributed by atoms with Gasteiger partial charge >= 0.3 is 5.97 Å². The van der Waals surface area contributed by atoms with Crippen LogP contribution in [0, 0.1) is 0 Å². The normalized spacial score (nSPS) is 19.3. The van der Waals surface area contributed by atoms with Gasteiger partial charge in [-0.2, -0.15) is 0 Å². The Bertz CT molecular complexity index is 1010. The van der Waals surface area contributed by atoms with Crippen molar-refractivity contribution in [3.05, 3.63) is 77.9 Å². The number of carbonyl (C=O) groups is 1. The summed E-state index contributed by atoms with van der Waals surface area (Å²) in [5.74, 6) is 0.918. The van der Waals surface area contributed by atoms with Crippen molar-refractivity contribution in [2.24, 2.45) is 0 Å². The number of benzene rings is 3. The summed E-state index contributed by atoms with van der Waals surface area (Å²) in [5.41, 5.74) is 2.70. The molecule has 3 atom stereocenters. The minimum Gasteiger partial charge on any atom is -0.482 e. The fourth-order valence-corrected chi connectivity index (χ4v) is 4.69. The minimum absolute atomic E-state index is 0.0470. The van der Waals surface area contributed by atoms with Crippen molar-refractivity contribution < 1.29 is 14.3 Å². The van der Waals surface area contributed by atoms with Crippen LogP contribution in [0.25, 0.3) is 10.8 Å². The van der Waals surface area contributed by atoms with E-state index in [1.54, 1.807) is 6.92 Å².